The zero-order chi connectivity index (χ0) is 13.6. The van der Waals surface area contributed by atoms with E-state index in [2.05, 4.69) is 0 Å². The third-order valence-corrected chi connectivity index (χ3v) is 1.96. The highest BCUT2D eigenvalue weighted by Gasteiger charge is 2.29. The highest BCUT2D eigenvalue weighted by Crippen LogP contribution is 2.13. The smallest absolute Gasteiger partial charge is 0.410 e. The number of likely N-dealkylation sites (N-methyl/N-ethyl adjacent to an activating group) is 1. The maximum Gasteiger partial charge on any atom is 0.410 e. The van der Waals surface area contributed by atoms with Gasteiger partial charge in [0, 0.05) is 13.5 Å². The summed E-state index contributed by atoms with van der Waals surface area (Å²) in [6.45, 7) is 5.09. The van der Waals surface area contributed by atoms with Gasteiger partial charge in [-0.1, -0.05) is 0 Å². The molecule has 0 aromatic heterocycles. The second-order valence-electron chi connectivity index (χ2n) is 4.64. The fourth-order valence-electron chi connectivity index (χ4n) is 1.15. The van der Waals surface area contributed by atoms with Crippen molar-refractivity contribution in [3.8, 4) is 6.07 Å². The fourth-order valence-corrected chi connectivity index (χ4v) is 1.15. The maximum absolute atomic E-state index is 11.6. The predicted octanol–water partition coefficient (Wildman–Crippen LogP) is 1.61. The van der Waals surface area contributed by atoms with E-state index >= 15 is 0 Å². The SMILES string of the molecule is CN(C(=O)OC(C)(C)C)[C@@H](CCC#N)C(=O)O. The lowest BCUT2D eigenvalue weighted by molar-refractivity contribution is -0.142. The van der Waals surface area contributed by atoms with E-state index in [0.29, 0.717) is 0 Å². The molecule has 0 spiro atoms. The van der Waals surface area contributed by atoms with Crippen LogP contribution >= 0.6 is 0 Å². The molecule has 6 nitrogen and oxygen atoms in total. The zero-order valence-corrected chi connectivity index (χ0v) is 10.6. The third kappa shape index (κ3) is 5.76. The Labute approximate surface area is 101 Å². The van der Waals surface area contributed by atoms with Gasteiger partial charge in [0.1, 0.15) is 11.6 Å². The van der Waals surface area contributed by atoms with Crippen molar-refractivity contribution in [2.75, 3.05) is 7.05 Å². The third-order valence-electron chi connectivity index (χ3n) is 1.96. The van der Waals surface area contributed by atoms with Crippen LogP contribution in [0.2, 0.25) is 0 Å². The van der Waals surface area contributed by atoms with Crippen LogP contribution in [-0.4, -0.2) is 40.8 Å². The molecule has 1 atom stereocenters. The van der Waals surface area contributed by atoms with E-state index in [4.69, 9.17) is 15.1 Å². The van der Waals surface area contributed by atoms with E-state index in [0.717, 1.165) is 4.90 Å². The Hall–Kier alpha value is -1.77. The minimum Gasteiger partial charge on any atom is -0.480 e. The first-order chi connectivity index (χ1) is 7.69. The molecule has 0 aromatic carbocycles. The van der Waals surface area contributed by atoms with Gasteiger partial charge < -0.3 is 9.84 Å². The molecule has 0 aromatic rings. The largest absolute Gasteiger partial charge is 0.480 e. The molecular weight excluding hydrogens is 224 g/mol. The molecule has 0 radical (unpaired) electrons. The minimum atomic E-state index is -1.14. The van der Waals surface area contributed by atoms with Crippen molar-refractivity contribution in [3.63, 3.8) is 0 Å². The molecule has 96 valence electrons. The first-order valence-electron chi connectivity index (χ1n) is 5.24. The molecule has 0 saturated carbocycles. The average molecular weight is 242 g/mol. The Morgan fingerprint density at radius 3 is 2.35 bits per heavy atom. The van der Waals surface area contributed by atoms with Gasteiger partial charge in [0.15, 0.2) is 0 Å². The van der Waals surface area contributed by atoms with Crippen molar-refractivity contribution < 1.29 is 19.4 Å². The van der Waals surface area contributed by atoms with Crippen LogP contribution in [0.15, 0.2) is 0 Å². The summed E-state index contributed by atoms with van der Waals surface area (Å²) in [5.74, 6) is -1.14. The molecule has 0 aliphatic heterocycles. The standard InChI is InChI=1S/C11H18N2O4/c1-11(2,3)17-10(16)13(4)8(9(14)15)6-5-7-12/h8H,5-6H2,1-4H3,(H,14,15)/t8-/m0/s1. The van der Waals surface area contributed by atoms with Crippen molar-refractivity contribution in [2.24, 2.45) is 0 Å². The van der Waals surface area contributed by atoms with Crippen molar-refractivity contribution in [2.45, 2.75) is 45.3 Å². The van der Waals surface area contributed by atoms with Crippen LogP contribution in [-0.2, 0) is 9.53 Å². The number of rotatable bonds is 4. The van der Waals surface area contributed by atoms with Gasteiger partial charge in [-0.15, -0.1) is 0 Å². The minimum absolute atomic E-state index is 0.0735. The first kappa shape index (κ1) is 15.2. The molecule has 6 heteroatoms. The number of carbonyl (C=O) groups excluding carboxylic acids is 1. The molecule has 0 saturated heterocycles. The summed E-state index contributed by atoms with van der Waals surface area (Å²) in [6, 6.07) is 0.815. The van der Waals surface area contributed by atoms with Crippen LogP contribution < -0.4 is 0 Å². The molecule has 0 aliphatic rings. The number of nitriles is 1. The number of carboxylic acids is 1. The van der Waals surface area contributed by atoms with Crippen LogP contribution in [0.4, 0.5) is 4.79 Å². The van der Waals surface area contributed by atoms with E-state index in [1.165, 1.54) is 7.05 Å². The number of ether oxygens (including phenoxy) is 1. The summed E-state index contributed by atoms with van der Waals surface area (Å²) in [5.41, 5.74) is -0.677. The molecule has 0 aliphatic carbocycles. The lowest BCUT2D eigenvalue weighted by Crippen LogP contribution is -2.44. The normalized spacial score (nSPS) is 12.4. The van der Waals surface area contributed by atoms with Gasteiger partial charge in [0.05, 0.1) is 6.07 Å². The summed E-state index contributed by atoms with van der Waals surface area (Å²) in [7, 11) is 1.35. The maximum atomic E-state index is 11.6. The fraction of sp³-hybridized carbons (Fsp3) is 0.727. The Morgan fingerprint density at radius 2 is 2.00 bits per heavy atom. The summed E-state index contributed by atoms with van der Waals surface area (Å²) in [5, 5.41) is 17.4. The Balaban J connectivity index is 4.62. The Kier molecular flexibility index (Phi) is 5.45. The molecule has 0 bridgehead atoms. The van der Waals surface area contributed by atoms with Crippen LogP contribution in [0, 0.1) is 11.3 Å². The number of amides is 1. The topological polar surface area (TPSA) is 90.6 Å². The summed E-state index contributed by atoms with van der Waals surface area (Å²) in [4.78, 5) is 23.6. The van der Waals surface area contributed by atoms with Gasteiger partial charge in [0.25, 0.3) is 0 Å². The van der Waals surface area contributed by atoms with Gasteiger partial charge in [-0.05, 0) is 27.2 Å². The number of aliphatic carboxylic acids is 1. The van der Waals surface area contributed by atoms with Crippen LogP contribution in [0.25, 0.3) is 0 Å². The summed E-state index contributed by atoms with van der Waals surface area (Å²) in [6.07, 6.45) is -0.547. The number of nitrogens with zero attached hydrogens (tertiary/aromatic N) is 2. The van der Waals surface area contributed by atoms with E-state index < -0.39 is 23.7 Å². The summed E-state index contributed by atoms with van der Waals surface area (Å²) >= 11 is 0. The van der Waals surface area contributed by atoms with Gasteiger partial charge in [0.2, 0.25) is 0 Å². The predicted molar refractivity (Wildman–Crippen MR) is 60.3 cm³/mol. The van der Waals surface area contributed by atoms with Crippen molar-refractivity contribution in [3.05, 3.63) is 0 Å². The molecule has 0 unspecified atom stereocenters. The van der Waals surface area contributed by atoms with Crippen molar-refractivity contribution in [1.82, 2.24) is 4.90 Å². The summed E-state index contributed by atoms with van der Waals surface area (Å²) < 4.78 is 5.05. The molecule has 0 heterocycles. The average Bonchev–Trinajstić information content (AvgIpc) is 2.14. The number of carboxylic acid groups (broad SMARTS) is 1. The molecule has 17 heavy (non-hydrogen) atoms. The Morgan fingerprint density at radius 1 is 1.47 bits per heavy atom. The molecule has 1 N–H and O–H groups in total. The highest BCUT2D eigenvalue weighted by molar-refractivity contribution is 5.79. The quantitative estimate of drug-likeness (QED) is 0.808. The van der Waals surface area contributed by atoms with Crippen molar-refractivity contribution in [1.29, 1.82) is 5.26 Å². The van der Waals surface area contributed by atoms with Crippen molar-refractivity contribution >= 4 is 12.1 Å². The van der Waals surface area contributed by atoms with Gasteiger partial charge >= 0.3 is 12.1 Å². The van der Waals surface area contributed by atoms with Gasteiger partial charge in [-0.25, -0.2) is 9.59 Å². The molecular formula is C11H18N2O4. The monoisotopic (exact) mass is 242 g/mol. The number of hydrogen-bond donors (Lipinski definition) is 1. The molecule has 1 amide bonds. The zero-order valence-electron chi connectivity index (χ0n) is 10.6. The van der Waals surface area contributed by atoms with E-state index in [1.54, 1.807) is 20.8 Å². The van der Waals surface area contributed by atoms with Crippen LogP contribution in [0.5, 0.6) is 0 Å². The highest BCUT2D eigenvalue weighted by atomic mass is 16.6. The van der Waals surface area contributed by atoms with E-state index in [1.807, 2.05) is 6.07 Å². The first-order valence-corrected chi connectivity index (χ1v) is 5.24. The van der Waals surface area contributed by atoms with E-state index in [-0.39, 0.29) is 12.8 Å². The van der Waals surface area contributed by atoms with Crippen LogP contribution in [0.1, 0.15) is 33.6 Å². The number of carbonyl (C=O) groups is 2. The second kappa shape index (κ2) is 6.09. The second-order valence-corrected chi connectivity index (χ2v) is 4.64. The lowest BCUT2D eigenvalue weighted by atomic mass is 10.1. The molecule has 0 fully saturated rings. The van der Waals surface area contributed by atoms with Crippen LogP contribution in [0.3, 0.4) is 0 Å². The number of hydrogen-bond acceptors (Lipinski definition) is 4. The van der Waals surface area contributed by atoms with Gasteiger partial charge in [-0.3, -0.25) is 4.90 Å². The van der Waals surface area contributed by atoms with Gasteiger partial charge in [-0.2, -0.15) is 5.26 Å². The Bertz CT molecular complexity index is 327. The molecule has 0 rings (SSSR count). The lowest BCUT2D eigenvalue weighted by Gasteiger charge is -2.28. The van der Waals surface area contributed by atoms with E-state index in [9.17, 15) is 9.59 Å².